The van der Waals surface area contributed by atoms with Crippen LogP contribution in [0.3, 0.4) is 0 Å². The Morgan fingerprint density at radius 1 is 1.12 bits per heavy atom. The second kappa shape index (κ2) is 8.10. The molecule has 3 aromatic rings. The van der Waals surface area contributed by atoms with Crippen molar-refractivity contribution in [2.24, 2.45) is 0 Å². The molecule has 0 aliphatic carbocycles. The van der Waals surface area contributed by atoms with E-state index in [1.807, 2.05) is 37.3 Å². The van der Waals surface area contributed by atoms with Crippen molar-refractivity contribution in [3.8, 4) is 0 Å². The monoisotopic (exact) mass is 371 g/mol. The number of amides is 1. The number of nitrogens with zero attached hydrogens (tertiary/aromatic N) is 1. The number of rotatable bonds is 6. The van der Waals surface area contributed by atoms with E-state index in [0.717, 1.165) is 10.3 Å². The summed E-state index contributed by atoms with van der Waals surface area (Å²) >= 11 is 1.22. The summed E-state index contributed by atoms with van der Waals surface area (Å²) in [6.07, 6.45) is 0. The van der Waals surface area contributed by atoms with Crippen LogP contribution in [0.15, 0.2) is 54.6 Å². The maximum atomic E-state index is 13.2. The fraction of sp³-hybridized carbons (Fsp3) is 0.200. The fourth-order valence-electron chi connectivity index (χ4n) is 2.58. The molecule has 0 fully saturated rings. The zero-order valence-corrected chi connectivity index (χ0v) is 15.1. The van der Waals surface area contributed by atoms with E-state index < -0.39 is 5.97 Å². The van der Waals surface area contributed by atoms with Crippen molar-refractivity contribution in [3.05, 3.63) is 70.9 Å². The first-order chi connectivity index (χ1) is 12.6. The van der Waals surface area contributed by atoms with Crippen molar-refractivity contribution in [2.75, 3.05) is 13.2 Å². The molecule has 1 heterocycles. The summed E-state index contributed by atoms with van der Waals surface area (Å²) < 4.78 is 19.2. The van der Waals surface area contributed by atoms with Gasteiger partial charge in [0.2, 0.25) is 0 Å². The van der Waals surface area contributed by atoms with Crippen LogP contribution in [0.25, 0.3) is 10.1 Å². The Kier molecular flexibility index (Phi) is 5.63. The van der Waals surface area contributed by atoms with Gasteiger partial charge in [0.1, 0.15) is 10.7 Å². The number of esters is 1. The molecule has 0 unspecified atom stereocenters. The van der Waals surface area contributed by atoms with Crippen LogP contribution in [0.5, 0.6) is 0 Å². The van der Waals surface area contributed by atoms with Crippen molar-refractivity contribution >= 4 is 33.3 Å². The normalized spacial score (nSPS) is 10.7. The van der Waals surface area contributed by atoms with E-state index in [2.05, 4.69) is 0 Å². The second-order valence-corrected chi connectivity index (χ2v) is 6.85. The van der Waals surface area contributed by atoms with Gasteiger partial charge in [-0.15, -0.1) is 11.3 Å². The average molecular weight is 371 g/mol. The number of fused-ring (bicyclic) bond motifs is 1. The molecule has 1 aromatic heterocycles. The lowest BCUT2D eigenvalue weighted by Crippen LogP contribution is -2.34. The highest BCUT2D eigenvalue weighted by Gasteiger charge is 2.17. The third-order valence-electron chi connectivity index (χ3n) is 3.96. The first-order valence-electron chi connectivity index (χ1n) is 8.24. The fourth-order valence-corrected chi connectivity index (χ4v) is 3.52. The van der Waals surface area contributed by atoms with Crippen molar-refractivity contribution in [2.45, 2.75) is 13.5 Å². The molecule has 4 nitrogen and oxygen atoms in total. The number of carbonyl (C=O) groups excluding carboxylic acids is 2. The molecule has 0 radical (unpaired) electrons. The number of thiophene rings is 1. The van der Waals surface area contributed by atoms with Gasteiger partial charge in [0.25, 0.3) is 5.91 Å². The number of ether oxygens (including phenoxy) is 1. The van der Waals surface area contributed by atoms with Gasteiger partial charge < -0.3 is 9.64 Å². The first-order valence-corrected chi connectivity index (χ1v) is 9.06. The molecule has 1 amide bonds. The number of carbonyl (C=O) groups is 2. The lowest BCUT2D eigenvalue weighted by atomic mass is 10.2. The largest absolute Gasteiger partial charge is 0.451 e. The summed E-state index contributed by atoms with van der Waals surface area (Å²) in [6, 6.07) is 15.5. The Hall–Kier alpha value is -2.73. The summed E-state index contributed by atoms with van der Waals surface area (Å²) in [5, 5.41) is 0.646. The second-order valence-electron chi connectivity index (χ2n) is 5.76. The van der Waals surface area contributed by atoms with Crippen molar-refractivity contribution in [1.82, 2.24) is 4.90 Å². The first kappa shape index (κ1) is 18.1. The van der Waals surface area contributed by atoms with Crippen LogP contribution in [-0.2, 0) is 16.1 Å². The minimum Gasteiger partial charge on any atom is -0.451 e. The van der Waals surface area contributed by atoms with E-state index in [1.165, 1.54) is 23.5 Å². The van der Waals surface area contributed by atoms with Crippen LogP contribution in [-0.4, -0.2) is 29.9 Å². The Labute approximate surface area is 154 Å². The summed E-state index contributed by atoms with van der Waals surface area (Å²) in [6.45, 7) is 2.55. The van der Waals surface area contributed by atoms with Crippen molar-refractivity contribution in [3.63, 3.8) is 0 Å². The molecule has 0 saturated heterocycles. The van der Waals surface area contributed by atoms with E-state index in [-0.39, 0.29) is 18.3 Å². The molecule has 3 rings (SSSR count). The van der Waals surface area contributed by atoms with Crippen molar-refractivity contribution in [1.29, 1.82) is 0 Å². The molecule has 2 aromatic carbocycles. The predicted octanol–water partition coefficient (Wildman–Crippen LogP) is 4.25. The highest BCUT2D eigenvalue weighted by molar-refractivity contribution is 7.20. The molecule has 0 aliphatic heterocycles. The van der Waals surface area contributed by atoms with Crippen LogP contribution < -0.4 is 0 Å². The Bertz CT molecular complexity index is 923. The van der Waals surface area contributed by atoms with Gasteiger partial charge >= 0.3 is 5.97 Å². The van der Waals surface area contributed by atoms with Gasteiger partial charge in [0.05, 0.1) is 0 Å². The maximum Gasteiger partial charge on any atom is 0.348 e. The van der Waals surface area contributed by atoms with Gasteiger partial charge in [0, 0.05) is 17.8 Å². The topological polar surface area (TPSA) is 46.6 Å². The van der Waals surface area contributed by atoms with Crippen molar-refractivity contribution < 1.29 is 18.7 Å². The lowest BCUT2D eigenvalue weighted by Gasteiger charge is -2.20. The third kappa shape index (κ3) is 4.26. The number of halogens is 1. The number of benzene rings is 2. The smallest absolute Gasteiger partial charge is 0.348 e. The van der Waals surface area contributed by atoms with Crippen LogP contribution in [0.1, 0.15) is 22.2 Å². The van der Waals surface area contributed by atoms with E-state index in [4.69, 9.17) is 4.74 Å². The molecule has 0 spiro atoms. The maximum absolute atomic E-state index is 13.2. The van der Waals surface area contributed by atoms with Gasteiger partial charge in [-0.2, -0.15) is 0 Å². The van der Waals surface area contributed by atoms with Crippen LogP contribution in [0, 0.1) is 5.82 Å². The molecular formula is C20H18FNO3S. The number of hydrogen-bond acceptors (Lipinski definition) is 4. The summed E-state index contributed by atoms with van der Waals surface area (Å²) in [5.74, 6) is -1.18. The Morgan fingerprint density at radius 3 is 2.62 bits per heavy atom. The van der Waals surface area contributed by atoms with Crippen LogP contribution in [0.2, 0.25) is 0 Å². The van der Waals surface area contributed by atoms with Gasteiger partial charge in [-0.05, 0) is 42.1 Å². The molecule has 0 N–H and O–H groups in total. The molecule has 26 heavy (non-hydrogen) atoms. The van der Waals surface area contributed by atoms with Gasteiger partial charge in [-0.3, -0.25) is 4.79 Å². The SMILES string of the molecule is CCN(Cc1ccccc1)C(=O)COC(=O)c1cc2cc(F)ccc2s1. The summed E-state index contributed by atoms with van der Waals surface area (Å²) in [4.78, 5) is 26.5. The average Bonchev–Trinajstić information content (AvgIpc) is 3.08. The standard InChI is InChI=1S/C20H18FNO3S/c1-2-22(12-14-6-4-3-5-7-14)19(23)13-25-20(24)18-11-15-10-16(21)8-9-17(15)26-18/h3-11H,2,12-13H2,1H3. The molecule has 0 aliphatic rings. The number of likely N-dealkylation sites (N-methyl/N-ethyl adjacent to an activating group) is 1. The van der Waals surface area contributed by atoms with Gasteiger partial charge in [-0.1, -0.05) is 30.3 Å². The van der Waals surface area contributed by atoms with E-state index in [0.29, 0.717) is 23.4 Å². The molecule has 0 bridgehead atoms. The zero-order chi connectivity index (χ0) is 18.5. The minimum atomic E-state index is -0.573. The zero-order valence-electron chi connectivity index (χ0n) is 14.3. The molecular weight excluding hydrogens is 353 g/mol. The van der Waals surface area contributed by atoms with Gasteiger partial charge in [-0.25, -0.2) is 9.18 Å². The highest BCUT2D eigenvalue weighted by Crippen LogP contribution is 2.26. The van der Waals surface area contributed by atoms with E-state index >= 15 is 0 Å². The Balaban J connectivity index is 1.60. The predicted molar refractivity (Wildman–Crippen MR) is 99.6 cm³/mol. The van der Waals surface area contributed by atoms with Gasteiger partial charge in [0.15, 0.2) is 6.61 Å². The molecule has 134 valence electrons. The third-order valence-corrected chi connectivity index (χ3v) is 5.05. The van der Waals surface area contributed by atoms with E-state index in [9.17, 15) is 14.0 Å². The van der Waals surface area contributed by atoms with Crippen LogP contribution >= 0.6 is 11.3 Å². The molecule has 0 saturated carbocycles. The summed E-state index contributed by atoms with van der Waals surface area (Å²) in [5.41, 5.74) is 1.01. The molecule has 6 heteroatoms. The van der Waals surface area contributed by atoms with E-state index in [1.54, 1.807) is 17.0 Å². The Morgan fingerprint density at radius 2 is 1.88 bits per heavy atom. The highest BCUT2D eigenvalue weighted by atomic mass is 32.1. The molecule has 0 atom stereocenters. The lowest BCUT2D eigenvalue weighted by molar-refractivity contribution is -0.134. The summed E-state index contributed by atoms with van der Waals surface area (Å²) in [7, 11) is 0. The quantitative estimate of drug-likeness (QED) is 0.609. The van der Waals surface area contributed by atoms with Crippen LogP contribution in [0.4, 0.5) is 4.39 Å². The minimum absolute atomic E-state index is 0.253. The number of hydrogen-bond donors (Lipinski definition) is 0.